The molecule has 4 aromatic carbocycles. The molecule has 1 saturated carbocycles. The second kappa shape index (κ2) is 14.5. The van der Waals surface area contributed by atoms with Gasteiger partial charge in [-0.2, -0.15) is 0 Å². The van der Waals surface area contributed by atoms with Gasteiger partial charge in [-0.15, -0.1) is 0 Å². The first kappa shape index (κ1) is 31.9. The summed E-state index contributed by atoms with van der Waals surface area (Å²) in [4.78, 5) is 29.8. The van der Waals surface area contributed by atoms with E-state index in [1.807, 2.05) is 85.8 Å². The van der Waals surface area contributed by atoms with Gasteiger partial charge in [0.1, 0.15) is 11.8 Å². The van der Waals surface area contributed by atoms with Crippen LogP contribution in [0.3, 0.4) is 0 Å². The van der Waals surface area contributed by atoms with Crippen LogP contribution in [0.4, 0.5) is 0 Å². The maximum absolute atomic E-state index is 14.0. The first-order valence-corrected chi connectivity index (χ1v) is 16.6. The molecule has 0 aromatic heterocycles. The van der Waals surface area contributed by atoms with Crippen LogP contribution in [0.5, 0.6) is 5.75 Å². The third-order valence-corrected chi connectivity index (χ3v) is 9.39. The number of nitrogens with one attached hydrogen (secondary N) is 2. The highest BCUT2D eigenvalue weighted by Gasteiger charge is 2.32. The van der Waals surface area contributed by atoms with E-state index in [2.05, 4.69) is 10.0 Å². The number of carbonyl (C=O) groups is 2. The van der Waals surface area contributed by atoms with Crippen molar-refractivity contribution in [2.45, 2.75) is 62.7 Å². The summed E-state index contributed by atoms with van der Waals surface area (Å²) in [5, 5.41) is 3.05. The van der Waals surface area contributed by atoms with E-state index in [1.165, 1.54) is 0 Å². The summed E-state index contributed by atoms with van der Waals surface area (Å²) >= 11 is 0. The largest absolute Gasteiger partial charge is 0.497 e. The van der Waals surface area contributed by atoms with Crippen LogP contribution >= 0.6 is 0 Å². The first-order valence-electron chi connectivity index (χ1n) is 15.1. The predicted molar refractivity (Wildman–Crippen MR) is 174 cm³/mol. The molecule has 1 aliphatic carbocycles. The van der Waals surface area contributed by atoms with E-state index < -0.39 is 16.1 Å². The molecule has 0 saturated heterocycles. The quantitative estimate of drug-likeness (QED) is 0.194. The molecule has 0 spiro atoms. The third kappa shape index (κ3) is 8.80. The van der Waals surface area contributed by atoms with Crippen LogP contribution in [-0.2, 0) is 39.1 Å². The molecule has 0 unspecified atom stereocenters. The molecular weight excluding hydrogens is 586 g/mol. The van der Waals surface area contributed by atoms with Gasteiger partial charge in [-0.3, -0.25) is 9.59 Å². The zero-order valence-corrected chi connectivity index (χ0v) is 26.4. The molecule has 234 valence electrons. The van der Waals surface area contributed by atoms with E-state index in [0.29, 0.717) is 24.3 Å². The topological polar surface area (TPSA) is 105 Å². The highest BCUT2D eigenvalue weighted by Crippen LogP contribution is 2.27. The molecule has 8 nitrogen and oxygen atoms in total. The van der Waals surface area contributed by atoms with Crippen LogP contribution in [0.25, 0.3) is 0 Å². The number of rotatable bonds is 14. The van der Waals surface area contributed by atoms with Gasteiger partial charge in [0.05, 0.1) is 12.0 Å². The Hall–Kier alpha value is -4.47. The standard InChI is InChI=1S/C36H39N3O5S/c1-26-8-10-28(11-9-26)24-37-36(41)35(30-6-4-3-5-7-30)39(25-29-12-19-32(44-2)20-13-29)34(40)23-16-27-14-21-33(22-15-27)45(42,43)38-31-17-18-31/h3-15,19-22,31,35,38H,16-18,23-25H2,1-2H3,(H,37,41)/t35-/m0/s1. The molecule has 45 heavy (non-hydrogen) atoms. The van der Waals surface area contributed by atoms with Crippen LogP contribution in [0, 0.1) is 6.92 Å². The summed E-state index contributed by atoms with van der Waals surface area (Å²) in [5.41, 5.74) is 4.49. The molecule has 5 rings (SSSR count). The number of methoxy groups -OCH3 is 1. The van der Waals surface area contributed by atoms with Crippen molar-refractivity contribution >= 4 is 21.8 Å². The lowest BCUT2D eigenvalue weighted by Gasteiger charge is -2.32. The normalized spacial score (nSPS) is 13.6. The number of benzene rings is 4. The molecule has 0 heterocycles. The van der Waals surface area contributed by atoms with Crippen LogP contribution in [0.15, 0.2) is 108 Å². The fourth-order valence-corrected chi connectivity index (χ4v) is 6.37. The van der Waals surface area contributed by atoms with Crippen molar-refractivity contribution in [2.75, 3.05) is 7.11 Å². The first-order chi connectivity index (χ1) is 21.7. The van der Waals surface area contributed by atoms with Crippen molar-refractivity contribution in [2.24, 2.45) is 0 Å². The van der Waals surface area contributed by atoms with E-state index in [0.717, 1.165) is 35.1 Å². The average Bonchev–Trinajstić information content (AvgIpc) is 3.87. The van der Waals surface area contributed by atoms with Crippen molar-refractivity contribution in [3.63, 3.8) is 0 Å². The van der Waals surface area contributed by atoms with Gasteiger partial charge < -0.3 is 15.0 Å². The molecule has 1 atom stereocenters. The van der Waals surface area contributed by atoms with Crippen molar-refractivity contribution in [1.82, 2.24) is 14.9 Å². The van der Waals surface area contributed by atoms with Gasteiger partial charge in [-0.1, -0.05) is 84.4 Å². The minimum Gasteiger partial charge on any atom is -0.497 e. The molecule has 9 heteroatoms. The summed E-state index contributed by atoms with van der Waals surface area (Å²) in [6, 6.07) is 30.5. The van der Waals surface area contributed by atoms with E-state index in [-0.39, 0.29) is 35.7 Å². The summed E-state index contributed by atoms with van der Waals surface area (Å²) in [6.07, 6.45) is 2.25. The Balaban J connectivity index is 1.37. The van der Waals surface area contributed by atoms with E-state index >= 15 is 0 Å². The molecule has 4 aromatic rings. The third-order valence-electron chi connectivity index (χ3n) is 7.86. The van der Waals surface area contributed by atoms with Crippen molar-refractivity contribution in [3.8, 4) is 5.75 Å². The number of aryl methyl sites for hydroxylation is 2. The molecule has 0 radical (unpaired) electrons. The van der Waals surface area contributed by atoms with Gasteiger partial charge in [0.25, 0.3) is 0 Å². The predicted octanol–water partition coefficient (Wildman–Crippen LogP) is 5.46. The van der Waals surface area contributed by atoms with Crippen LogP contribution in [-0.4, -0.2) is 38.3 Å². The molecular formula is C36H39N3O5S. The minimum absolute atomic E-state index is 0.0237. The van der Waals surface area contributed by atoms with Gasteiger partial charge in [0.2, 0.25) is 21.8 Å². The fraction of sp³-hybridized carbons (Fsp3) is 0.278. The number of amides is 2. The van der Waals surface area contributed by atoms with Crippen molar-refractivity contribution in [1.29, 1.82) is 0 Å². The smallest absolute Gasteiger partial charge is 0.247 e. The number of sulfonamides is 1. The molecule has 0 aliphatic heterocycles. The van der Waals surface area contributed by atoms with Crippen LogP contribution < -0.4 is 14.8 Å². The summed E-state index contributed by atoms with van der Waals surface area (Å²) in [5.74, 6) is 0.225. The van der Waals surface area contributed by atoms with Gasteiger partial charge >= 0.3 is 0 Å². The lowest BCUT2D eigenvalue weighted by molar-refractivity contribution is -0.141. The molecule has 1 aliphatic rings. The number of carbonyl (C=O) groups excluding carboxylic acids is 2. The van der Waals surface area contributed by atoms with Crippen molar-refractivity contribution < 1.29 is 22.7 Å². The Bertz CT molecular complexity index is 1690. The zero-order chi connectivity index (χ0) is 31.8. The van der Waals surface area contributed by atoms with Gasteiger partial charge in [-0.25, -0.2) is 13.1 Å². The Morgan fingerprint density at radius 1 is 0.844 bits per heavy atom. The van der Waals surface area contributed by atoms with Gasteiger partial charge in [-0.05, 0) is 72.7 Å². The fourth-order valence-electron chi connectivity index (χ4n) is 5.07. The monoisotopic (exact) mass is 625 g/mol. The number of nitrogens with zero attached hydrogens (tertiary/aromatic N) is 1. The van der Waals surface area contributed by atoms with Gasteiger partial charge in [0.15, 0.2) is 0 Å². The lowest BCUT2D eigenvalue weighted by Crippen LogP contribution is -2.43. The number of hydrogen-bond acceptors (Lipinski definition) is 5. The molecule has 2 amide bonds. The van der Waals surface area contributed by atoms with E-state index in [4.69, 9.17) is 4.74 Å². The summed E-state index contributed by atoms with van der Waals surface area (Å²) < 4.78 is 33.2. The van der Waals surface area contributed by atoms with Gasteiger partial charge in [0, 0.05) is 25.6 Å². The highest BCUT2D eigenvalue weighted by atomic mass is 32.2. The van der Waals surface area contributed by atoms with E-state index in [1.54, 1.807) is 36.3 Å². The number of ether oxygens (including phenoxy) is 1. The number of hydrogen-bond donors (Lipinski definition) is 2. The highest BCUT2D eigenvalue weighted by molar-refractivity contribution is 7.89. The average molecular weight is 626 g/mol. The Labute approximate surface area is 265 Å². The molecule has 2 N–H and O–H groups in total. The Morgan fingerprint density at radius 3 is 2.09 bits per heavy atom. The second-order valence-electron chi connectivity index (χ2n) is 11.4. The maximum atomic E-state index is 14.0. The maximum Gasteiger partial charge on any atom is 0.247 e. The molecule has 0 bridgehead atoms. The Morgan fingerprint density at radius 2 is 1.47 bits per heavy atom. The lowest BCUT2D eigenvalue weighted by atomic mass is 10.0. The summed E-state index contributed by atoms with van der Waals surface area (Å²) in [6.45, 7) is 2.56. The Kier molecular flexibility index (Phi) is 10.3. The zero-order valence-electron chi connectivity index (χ0n) is 25.6. The van der Waals surface area contributed by atoms with Crippen LogP contribution in [0.2, 0.25) is 0 Å². The van der Waals surface area contributed by atoms with Crippen LogP contribution in [0.1, 0.15) is 53.1 Å². The van der Waals surface area contributed by atoms with Crippen molar-refractivity contribution in [3.05, 3.63) is 131 Å². The summed E-state index contributed by atoms with van der Waals surface area (Å²) in [7, 11) is -1.96. The second-order valence-corrected chi connectivity index (χ2v) is 13.1. The van der Waals surface area contributed by atoms with E-state index in [9.17, 15) is 18.0 Å². The minimum atomic E-state index is -3.56. The SMILES string of the molecule is COc1ccc(CN(C(=O)CCc2ccc(S(=O)(=O)NC3CC3)cc2)[C@H](C(=O)NCc2ccc(C)cc2)c2ccccc2)cc1. The molecule has 1 fully saturated rings.